The van der Waals surface area contributed by atoms with Crippen LogP contribution < -0.4 is 10.6 Å². The highest BCUT2D eigenvalue weighted by Gasteiger charge is 2.28. The monoisotopic (exact) mass is 202 g/mol. The molecule has 2 unspecified atom stereocenters. The number of benzene rings is 1. The summed E-state index contributed by atoms with van der Waals surface area (Å²) in [6.45, 7) is 3.34. The summed E-state index contributed by atoms with van der Waals surface area (Å²) in [5.74, 6) is 0.810. The average molecular weight is 202 g/mol. The first kappa shape index (κ1) is 8.92. The SMILES string of the molecule is CC1CNC1c1ccc2c(c1)CC(=O)N2. The van der Waals surface area contributed by atoms with Crippen molar-refractivity contribution in [3.8, 4) is 0 Å². The van der Waals surface area contributed by atoms with Gasteiger partial charge in [-0.05, 0) is 23.1 Å². The minimum absolute atomic E-state index is 0.108. The normalized spacial score (nSPS) is 28.2. The van der Waals surface area contributed by atoms with Gasteiger partial charge in [0.15, 0.2) is 0 Å². The highest BCUT2D eigenvalue weighted by atomic mass is 16.1. The van der Waals surface area contributed by atoms with Gasteiger partial charge in [-0.25, -0.2) is 0 Å². The Morgan fingerprint density at radius 2 is 2.27 bits per heavy atom. The van der Waals surface area contributed by atoms with E-state index in [2.05, 4.69) is 29.7 Å². The van der Waals surface area contributed by atoms with Gasteiger partial charge in [-0.3, -0.25) is 4.79 Å². The number of hydrogen-bond donors (Lipinski definition) is 2. The lowest BCUT2D eigenvalue weighted by atomic mass is 9.87. The van der Waals surface area contributed by atoms with E-state index in [0.717, 1.165) is 17.8 Å². The minimum atomic E-state index is 0.108. The van der Waals surface area contributed by atoms with Crippen LogP contribution in [0.4, 0.5) is 5.69 Å². The van der Waals surface area contributed by atoms with Crippen LogP contribution in [-0.2, 0) is 11.2 Å². The molecule has 0 saturated carbocycles. The van der Waals surface area contributed by atoms with Gasteiger partial charge in [0, 0.05) is 18.3 Å². The highest BCUT2D eigenvalue weighted by molar-refractivity contribution is 5.99. The molecule has 0 bridgehead atoms. The Bertz CT molecular complexity index is 428. The number of carbonyl (C=O) groups is 1. The summed E-state index contributed by atoms with van der Waals surface area (Å²) < 4.78 is 0. The maximum absolute atomic E-state index is 11.2. The van der Waals surface area contributed by atoms with E-state index in [1.165, 1.54) is 5.56 Å². The summed E-state index contributed by atoms with van der Waals surface area (Å²) in [5, 5.41) is 6.26. The minimum Gasteiger partial charge on any atom is -0.326 e. The van der Waals surface area contributed by atoms with Gasteiger partial charge in [-0.15, -0.1) is 0 Å². The van der Waals surface area contributed by atoms with Gasteiger partial charge >= 0.3 is 0 Å². The molecule has 1 saturated heterocycles. The Morgan fingerprint density at radius 1 is 1.40 bits per heavy atom. The van der Waals surface area contributed by atoms with Crippen molar-refractivity contribution in [2.45, 2.75) is 19.4 Å². The maximum Gasteiger partial charge on any atom is 0.228 e. The van der Waals surface area contributed by atoms with Crippen LogP contribution in [0.3, 0.4) is 0 Å². The quantitative estimate of drug-likeness (QED) is 0.724. The predicted molar refractivity (Wildman–Crippen MR) is 58.7 cm³/mol. The van der Waals surface area contributed by atoms with Crippen molar-refractivity contribution < 1.29 is 4.79 Å². The molecule has 2 aliphatic rings. The Kier molecular flexibility index (Phi) is 1.83. The lowest BCUT2D eigenvalue weighted by Gasteiger charge is -2.36. The molecular weight excluding hydrogens is 188 g/mol. The summed E-state index contributed by atoms with van der Waals surface area (Å²) in [6, 6.07) is 6.76. The number of nitrogens with one attached hydrogen (secondary N) is 2. The smallest absolute Gasteiger partial charge is 0.228 e. The van der Waals surface area contributed by atoms with E-state index in [0.29, 0.717) is 18.4 Å². The van der Waals surface area contributed by atoms with Crippen LogP contribution in [0.5, 0.6) is 0 Å². The summed E-state index contributed by atoms with van der Waals surface area (Å²) in [6.07, 6.45) is 0.532. The molecular formula is C12H14N2O. The Morgan fingerprint density at radius 3 is 2.93 bits per heavy atom. The molecule has 2 N–H and O–H groups in total. The van der Waals surface area contributed by atoms with Crippen LogP contribution in [-0.4, -0.2) is 12.5 Å². The number of fused-ring (bicyclic) bond motifs is 1. The molecule has 0 radical (unpaired) electrons. The van der Waals surface area contributed by atoms with Crippen LogP contribution in [0.2, 0.25) is 0 Å². The van der Waals surface area contributed by atoms with E-state index in [-0.39, 0.29) is 5.91 Å². The lowest BCUT2D eigenvalue weighted by molar-refractivity contribution is -0.115. The third kappa shape index (κ3) is 1.35. The van der Waals surface area contributed by atoms with E-state index < -0.39 is 0 Å². The summed E-state index contributed by atoms with van der Waals surface area (Å²) >= 11 is 0. The Balaban J connectivity index is 1.93. The van der Waals surface area contributed by atoms with Crippen molar-refractivity contribution in [1.82, 2.24) is 5.32 Å². The highest BCUT2D eigenvalue weighted by Crippen LogP contribution is 2.32. The van der Waals surface area contributed by atoms with Crippen molar-refractivity contribution in [2.75, 3.05) is 11.9 Å². The van der Waals surface area contributed by atoms with Crippen molar-refractivity contribution in [3.63, 3.8) is 0 Å². The first-order valence-electron chi connectivity index (χ1n) is 5.40. The number of rotatable bonds is 1. The second-order valence-electron chi connectivity index (χ2n) is 4.50. The van der Waals surface area contributed by atoms with Crippen molar-refractivity contribution in [3.05, 3.63) is 29.3 Å². The number of hydrogen-bond acceptors (Lipinski definition) is 2. The van der Waals surface area contributed by atoms with Crippen molar-refractivity contribution in [1.29, 1.82) is 0 Å². The molecule has 2 heterocycles. The zero-order valence-electron chi connectivity index (χ0n) is 8.71. The first-order valence-corrected chi connectivity index (χ1v) is 5.40. The van der Waals surface area contributed by atoms with Gasteiger partial charge in [-0.2, -0.15) is 0 Å². The molecule has 3 heteroatoms. The van der Waals surface area contributed by atoms with Crippen molar-refractivity contribution in [2.24, 2.45) is 5.92 Å². The van der Waals surface area contributed by atoms with Crippen LogP contribution in [0.25, 0.3) is 0 Å². The van der Waals surface area contributed by atoms with E-state index in [9.17, 15) is 4.79 Å². The fraction of sp³-hybridized carbons (Fsp3) is 0.417. The summed E-state index contributed by atoms with van der Waals surface area (Å²) in [4.78, 5) is 11.2. The van der Waals surface area contributed by atoms with E-state index in [4.69, 9.17) is 0 Å². The van der Waals surface area contributed by atoms with Crippen LogP contribution in [0.1, 0.15) is 24.1 Å². The Hall–Kier alpha value is -1.35. The fourth-order valence-corrected chi connectivity index (χ4v) is 2.36. The van der Waals surface area contributed by atoms with E-state index >= 15 is 0 Å². The maximum atomic E-state index is 11.2. The second kappa shape index (κ2) is 3.07. The van der Waals surface area contributed by atoms with Gasteiger partial charge in [0.05, 0.1) is 6.42 Å². The largest absolute Gasteiger partial charge is 0.326 e. The zero-order valence-corrected chi connectivity index (χ0v) is 8.71. The molecule has 0 aromatic heterocycles. The fourth-order valence-electron chi connectivity index (χ4n) is 2.36. The molecule has 1 fully saturated rings. The van der Waals surface area contributed by atoms with Crippen LogP contribution in [0, 0.1) is 5.92 Å². The average Bonchev–Trinajstić information content (AvgIpc) is 2.55. The molecule has 1 aromatic carbocycles. The van der Waals surface area contributed by atoms with Gasteiger partial charge < -0.3 is 10.6 Å². The van der Waals surface area contributed by atoms with Gasteiger partial charge in [0.2, 0.25) is 5.91 Å². The third-order valence-corrected chi connectivity index (χ3v) is 3.34. The molecule has 78 valence electrons. The summed E-state index contributed by atoms with van der Waals surface area (Å²) in [7, 11) is 0. The van der Waals surface area contributed by atoms with Gasteiger partial charge in [0.25, 0.3) is 0 Å². The van der Waals surface area contributed by atoms with Crippen molar-refractivity contribution >= 4 is 11.6 Å². The molecule has 0 spiro atoms. The van der Waals surface area contributed by atoms with Gasteiger partial charge in [-0.1, -0.05) is 19.1 Å². The molecule has 0 aliphatic carbocycles. The molecule has 1 aromatic rings. The molecule has 3 nitrogen and oxygen atoms in total. The molecule has 3 rings (SSSR count). The molecule has 2 atom stereocenters. The lowest BCUT2D eigenvalue weighted by Crippen LogP contribution is -2.43. The number of amides is 1. The predicted octanol–water partition coefficient (Wildman–Crippen LogP) is 1.46. The molecule has 15 heavy (non-hydrogen) atoms. The third-order valence-electron chi connectivity index (χ3n) is 3.34. The van der Waals surface area contributed by atoms with Crippen LogP contribution in [0.15, 0.2) is 18.2 Å². The second-order valence-corrected chi connectivity index (χ2v) is 4.50. The first-order chi connectivity index (χ1) is 7.24. The van der Waals surface area contributed by atoms with E-state index in [1.807, 2.05) is 6.07 Å². The number of carbonyl (C=O) groups excluding carboxylic acids is 1. The summed E-state index contributed by atoms with van der Waals surface area (Å²) in [5.41, 5.74) is 3.43. The van der Waals surface area contributed by atoms with Crippen LogP contribution >= 0.6 is 0 Å². The Labute approximate surface area is 88.9 Å². The topological polar surface area (TPSA) is 41.1 Å². The molecule has 1 amide bonds. The van der Waals surface area contributed by atoms with E-state index in [1.54, 1.807) is 0 Å². The van der Waals surface area contributed by atoms with Gasteiger partial charge in [0.1, 0.15) is 0 Å². The zero-order chi connectivity index (χ0) is 10.4. The molecule has 2 aliphatic heterocycles. The standard InChI is InChI=1S/C12H14N2O/c1-7-6-13-12(7)8-2-3-10-9(4-8)5-11(15)14-10/h2-4,7,12-13H,5-6H2,1H3,(H,14,15). The number of anilines is 1.